The fourth-order valence-electron chi connectivity index (χ4n) is 2.81. The van der Waals surface area contributed by atoms with Gasteiger partial charge in [-0.2, -0.15) is 10.1 Å². The van der Waals surface area contributed by atoms with E-state index in [0.29, 0.717) is 22.8 Å². The summed E-state index contributed by atoms with van der Waals surface area (Å²) in [4.78, 5) is 12.9. The fraction of sp³-hybridized carbons (Fsp3) is 0.200. The molecule has 1 amide bonds. The molecule has 0 aromatic heterocycles. The third kappa shape index (κ3) is 3.46. The molecule has 0 unspecified atom stereocenters. The minimum Gasteiger partial charge on any atom is -0.493 e. The van der Waals surface area contributed by atoms with Gasteiger partial charge in [-0.05, 0) is 77.9 Å². The molecular formula is C20H19IN2O3. The molecule has 26 heavy (non-hydrogen) atoms. The van der Waals surface area contributed by atoms with Crippen LogP contribution in [-0.4, -0.2) is 25.8 Å². The van der Waals surface area contributed by atoms with Gasteiger partial charge in [-0.1, -0.05) is 12.1 Å². The maximum atomic E-state index is 12.9. The predicted molar refractivity (Wildman–Crippen MR) is 112 cm³/mol. The Bertz CT molecular complexity index is 935. The van der Waals surface area contributed by atoms with E-state index in [1.54, 1.807) is 14.2 Å². The van der Waals surface area contributed by atoms with Gasteiger partial charge in [0.15, 0.2) is 11.5 Å². The van der Waals surface area contributed by atoms with Crippen molar-refractivity contribution >= 4 is 46.0 Å². The molecule has 2 aromatic carbocycles. The molecule has 0 saturated carbocycles. The Morgan fingerprint density at radius 2 is 1.88 bits per heavy atom. The van der Waals surface area contributed by atoms with Crippen LogP contribution in [0.5, 0.6) is 11.5 Å². The first kappa shape index (κ1) is 18.4. The van der Waals surface area contributed by atoms with Gasteiger partial charge in [0.25, 0.3) is 5.91 Å². The molecule has 1 aliphatic rings. The molecule has 3 rings (SSSR count). The Morgan fingerprint density at radius 3 is 2.54 bits per heavy atom. The average molecular weight is 462 g/mol. The Balaban J connectivity index is 1.99. The highest BCUT2D eigenvalue weighted by atomic mass is 127. The summed E-state index contributed by atoms with van der Waals surface area (Å²) in [5.41, 5.74) is 3.95. The van der Waals surface area contributed by atoms with Crippen LogP contribution < -0.4 is 14.5 Å². The smallest absolute Gasteiger partial charge is 0.280 e. The number of aryl methyl sites for hydroxylation is 1. The summed E-state index contributed by atoms with van der Waals surface area (Å²) in [5.74, 6) is 1.17. The molecule has 0 fully saturated rings. The Morgan fingerprint density at radius 1 is 1.12 bits per heavy atom. The number of anilines is 1. The molecule has 1 heterocycles. The van der Waals surface area contributed by atoms with Gasteiger partial charge in [-0.15, -0.1) is 0 Å². The number of nitrogens with zero attached hydrogens (tertiary/aromatic N) is 2. The van der Waals surface area contributed by atoms with Gasteiger partial charge < -0.3 is 9.47 Å². The van der Waals surface area contributed by atoms with Crippen molar-refractivity contribution in [1.82, 2.24) is 0 Å². The van der Waals surface area contributed by atoms with Crippen LogP contribution in [0.3, 0.4) is 0 Å². The molecule has 2 aromatic rings. The Kier molecular flexibility index (Phi) is 5.31. The van der Waals surface area contributed by atoms with E-state index < -0.39 is 0 Å². The van der Waals surface area contributed by atoms with Crippen molar-refractivity contribution in [3.8, 4) is 11.5 Å². The quantitative estimate of drug-likeness (QED) is 0.500. The number of benzene rings is 2. The van der Waals surface area contributed by atoms with Crippen molar-refractivity contribution in [3.05, 3.63) is 56.7 Å². The third-order valence-electron chi connectivity index (χ3n) is 4.08. The van der Waals surface area contributed by atoms with Crippen molar-refractivity contribution in [1.29, 1.82) is 0 Å². The van der Waals surface area contributed by atoms with Crippen LogP contribution in [0.15, 0.2) is 47.1 Å². The molecule has 0 atom stereocenters. The van der Waals surface area contributed by atoms with Crippen LogP contribution in [0.4, 0.5) is 5.69 Å². The predicted octanol–water partition coefficient (Wildman–Crippen LogP) is 4.42. The summed E-state index contributed by atoms with van der Waals surface area (Å²) in [6, 6.07) is 11.5. The van der Waals surface area contributed by atoms with E-state index >= 15 is 0 Å². The first-order valence-electron chi connectivity index (χ1n) is 8.04. The molecule has 0 saturated heterocycles. The summed E-state index contributed by atoms with van der Waals surface area (Å²) in [7, 11) is 3.20. The average Bonchev–Trinajstić information content (AvgIpc) is 2.89. The van der Waals surface area contributed by atoms with Crippen LogP contribution in [0, 0.1) is 10.5 Å². The highest BCUT2D eigenvalue weighted by Gasteiger charge is 2.28. The second-order valence-electron chi connectivity index (χ2n) is 5.94. The molecule has 0 radical (unpaired) electrons. The van der Waals surface area contributed by atoms with Gasteiger partial charge >= 0.3 is 0 Å². The van der Waals surface area contributed by atoms with E-state index in [9.17, 15) is 4.79 Å². The lowest BCUT2D eigenvalue weighted by Gasteiger charge is -2.12. The number of hydrazone groups is 1. The lowest BCUT2D eigenvalue weighted by Crippen LogP contribution is -2.21. The maximum Gasteiger partial charge on any atom is 0.280 e. The molecule has 0 bridgehead atoms. The second kappa shape index (κ2) is 7.49. The first-order valence-corrected chi connectivity index (χ1v) is 9.12. The SMILES string of the molecule is COc1cc(/C=C2/C(=O)N(c3cccc(C)c3)N=C2C)cc(I)c1OC. The van der Waals surface area contributed by atoms with Crippen LogP contribution in [0.2, 0.25) is 0 Å². The second-order valence-corrected chi connectivity index (χ2v) is 7.10. The van der Waals surface area contributed by atoms with Gasteiger partial charge in [0.1, 0.15) is 0 Å². The normalized spacial score (nSPS) is 15.4. The van der Waals surface area contributed by atoms with Crippen LogP contribution >= 0.6 is 22.6 Å². The first-order chi connectivity index (χ1) is 12.4. The summed E-state index contributed by atoms with van der Waals surface area (Å²) >= 11 is 2.19. The summed E-state index contributed by atoms with van der Waals surface area (Å²) in [6.45, 7) is 3.83. The van der Waals surface area contributed by atoms with Gasteiger partial charge in [0, 0.05) is 0 Å². The van der Waals surface area contributed by atoms with Gasteiger partial charge in [-0.3, -0.25) is 4.79 Å². The highest BCUT2D eigenvalue weighted by Crippen LogP contribution is 2.35. The monoisotopic (exact) mass is 462 g/mol. The van der Waals surface area contributed by atoms with Crippen LogP contribution in [0.1, 0.15) is 18.1 Å². The molecule has 0 spiro atoms. The minimum atomic E-state index is -0.141. The molecule has 0 N–H and O–H groups in total. The molecular weight excluding hydrogens is 443 g/mol. The molecule has 134 valence electrons. The van der Waals surface area contributed by atoms with E-state index in [1.165, 1.54) is 5.01 Å². The van der Waals surface area contributed by atoms with Gasteiger partial charge in [-0.25, -0.2) is 0 Å². The zero-order valence-corrected chi connectivity index (χ0v) is 17.2. The largest absolute Gasteiger partial charge is 0.493 e. The standard InChI is InChI=1S/C20H19IN2O3/c1-12-6-5-7-15(8-12)23-20(24)16(13(2)22-23)9-14-10-17(21)19(26-4)18(11-14)25-3/h5-11H,1-4H3/b16-9+. The van der Waals surface area contributed by atoms with Crippen molar-refractivity contribution in [2.24, 2.45) is 5.10 Å². The van der Waals surface area contributed by atoms with Crippen LogP contribution in [0.25, 0.3) is 6.08 Å². The number of ether oxygens (including phenoxy) is 2. The molecule has 0 aliphatic carbocycles. The zero-order valence-electron chi connectivity index (χ0n) is 15.0. The summed E-state index contributed by atoms with van der Waals surface area (Å²) in [6.07, 6.45) is 1.83. The zero-order chi connectivity index (χ0) is 18.8. The van der Waals surface area contributed by atoms with E-state index in [1.807, 2.05) is 56.3 Å². The van der Waals surface area contributed by atoms with Gasteiger partial charge in [0.05, 0.1) is 34.8 Å². The summed E-state index contributed by atoms with van der Waals surface area (Å²) in [5, 5.41) is 5.88. The third-order valence-corrected chi connectivity index (χ3v) is 4.88. The molecule has 6 heteroatoms. The highest BCUT2D eigenvalue weighted by molar-refractivity contribution is 14.1. The number of hydrogen-bond donors (Lipinski definition) is 0. The van der Waals surface area contributed by atoms with Crippen LogP contribution in [-0.2, 0) is 4.79 Å². The maximum absolute atomic E-state index is 12.9. The number of carbonyl (C=O) groups is 1. The Labute approximate surface area is 166 Å². The molecule has 1 aliphatic heterocycles. The number of halogens is 1. The lowest BCUT2D eigenvalue weighted by molar-refractivity contribution is -0.114. The number of methoxy groups -OCH3 is 2. The van der Waals surface area contributed by atoms with Crippen molar-refractivity contribution in [2.75, 3.05) is 19.2 Å². The fourth-order valence-corrected chi connectivity index (χ4v) is 3.65. The number of hydrogen-bond acceptors (Lipinski definition) is 4. The van der Waals surface area contributed by atoms with Crippen molar-refractivity contribution < 1.29 is 14.3 Å². The van der Waals surface area contributed by atoms with E-state index in [2.05, 4.69) is 27.7 Å². The Hall–Kier alpha value is -2.35. The number of amides is 1. The summed E-state index contributed by atoms with van der Waals surface area (Å²) < 4.78 is 11.7. The van der Waals surface area contributed by atoms with E-state index in [-0.39, 0.29) is 5.91 Å². The topological polar surface area (TPSA) is 51.1 Å². The molecule has 5 nitrogen and oxygen atoms in total. The van der Waals surface area contributed by atoms with E-state index in [4.69, 9.17) is 9.47 Å². The van der Waals surface area contributed by atoms with Crippen molar-refractivity contribution in [2.45, 2.75) is 13.8 Å². The van der Waals surface area contributed by atoms with Crippen molar-refractivity contribution in [3.63, 3.8) is 0 Å². The van der Waals surface area contributed by atoms with Gasteiger partial charge in [0.2, 0.25) is 0 Å². The minimum absolute atomic E-state index is 0.141. The van der Waals surface area contributed by atoms with E-state index in [0.717, 1.165) is 20.4 Å². The number of carbonyl (C=O) groups excluding carboxylic acids is 1. The lowest BCUT2D eigenvalue weighted by atomic mass is 10.1. The number of rotatable bonds is 4.